The number of hydrogen-bond acceptors (Lipinski definition) is 10. The van der Waals surface area contributed by atoms with Gasteiger partial charge in [0.15, 0.2) is 0 Å². The number of hydrogen-bond donors (Lipinski definition) is 3. The van der Waals surface area contributed by atoms with Gasteiger partial charge in [-0.1, -0.05) is 48.5 Å². The minimum atomic E-state index is -2.18. The Bertz CT molecular complexity index is 1200. The molecule has 0 aliphatic heterocycles. The predicted octanol–water partition coefficient (Wildman–Crippen LogP) is 3.13. The maximum Gasteiger partial charge on any atom is 0.410 e. The molecule has 11 nitrogen and oxygen atoms in total. The number of nitrogens with one attached hydrogen (secondary N) is 1. The number of rotatable bonds is 13. The van der Waals surface area contributed by atoms with Crippen LogP contribution in [0.15, 0.2) is 48.5 Å². The van der Waals surface area contributed by atoms with Crippen LogP contribution < -0.4 is 16.8 Å². The van der Waals surface area contributed by atoms with Gasteiger partial charge in [-0.3, -0.25) is 14.9 Å². The van der Waals surface area contributed by atoms with Crippen LogP contribution in [-0.4, -0.2) is 61.6 Å². The van der Waals surface area contributed by atoms with Crippen LogP contribution in [0.3, 0.4) is 0 Å². The Labute approximate surface area is 239 Å². The van der Waals surface area contributed by atoms with Gasteiger partial charge in [-0.25, -0.2) is 9.59 Å². The molecule has 0 aromatic heterocycles. The smallest absolute Gasteiger partial charge is 0.410 e. The number of carbonyl (C=O) groups excluding carboxylic acids is 4. The van der Waals surface area contributed by atoms with Crippen LogP contribution in [0.5, 0.6) is 0 Å². The van der Waals surface area contributed by atoms with Crippen molar-refractivity contribution in [1.82, 2.24) is 5.32 Å². The third kappa shape index (κ3) is 8.51. The zero-order valence-corrected chi connectivity index (χ0v) is 23.8. The van der Waals surface area contributed by atoms with E-state index < -0.39 is 41.9 Å². The summed E-state index contributed by atoms with van der Waals surface area (Å²) in [6.45, 7) is 4.34. The zero-order valence-electron chi connectivity index (χ0n) is 23.8. The highest BCUT2D eigenvalue weighted by Crippen LogP contribution is 2.44. The van der Waals surface area contributed by atoms with E-state index >= 15 is 0 Å². The van der Waals surface area contributed by atoms with Crippen molar-refractivity contribution in [2.45, 2.75) is 63.7 Å². The van der Waals surface area contributed by atoms with E-state index in [1.54, 1.807) is 20.8 Å². The fraction of sp³-hybridized carbons (Fsp3) is 0.467. The number of esters is 3. The van der Waals surface area contributed by atoms with Crippen molar-refractivity contribution in [3.05, 3.63) is 59.7 Å². The van der Waals surface area contributed by atoms with Gasteiger partial charge in [0.1, 0.15) is 12.2 Å². The first-order valence-electron chi connectivity index (χ1n) is 13.6. The first kappa shape index (κ1) is 31.6. The second-order valence-corrected chi connectivity index (χ2v) is 10.7. The minimum absolute atomic E-state index is 0.0123. The van der Waals surface area contributed by atoms with Gasteiger partial charge in [0.05, 0.1) is 19.7 Å². The highest BCUT2D eigenvalue weighted by atomic mass is 16.6. The standard InChI is InChI=1S/C30H39N3O8/c1-29(2,3)41-27(36)30(40-26(35)18-32,15-9-4-10-16-38-25(34)17-31)33-28(37)39-19-24-22-13-7-5-11-20(22)21-12-6-8-14-23(21)24/h5-8,11-14,24H,4,9-10,15-19,31-32H2,1-3H3,(H,33,37). The van der Waals surface area contributed by atoms with E-state index in [1.165, 1.54) is 0 Å². The lowest BCUT2D eigenvalue weighted by atomic mass is 9.98. The molecule has 0 bridgehead atoms. The first-order chi connectivity index (χ1) is 19.5. The highest BCUT2D eigenvalue weighted by molar-refractivity contribution is 5.87. The number of carbonyl (C=O) groups is 4. The summed E-state index contributed by atoms with van der Waals surface area (Å²) in [7, 11) is 0. The van der Waals surface area contributed by atoms with Gasteiger partial charge in [0.2, 0.25) is 0 Å². The lowest BCUT2D eigenvalue weighted by molar-refractivity contribution is -0.195. The van der Waals surface area contributed by atoms with Gasteiger partial charge in [-0.15, -0.1) is 0 Å². The van der Waals surface area contributed by atoms with Crippen molar-refractivity contribution in [3.63, 3.8) is 0 Å². The van der Waals surface area contributed by atoms with Gasteiger partial charge in [0.25, 0.3) is 5.72 Å². The second kappa shape index (κ2) is 14.1. The van der Waals surface area contributed by atoms with E-state index in [0.717, 1.165) is 22.3 Å². The Morgan fingerprint density at radius 3 is 1.93 bits per heavy atom. The number of amides is 1. The van der Waals surface area contributed by atoms with Gasteiger partial charge in [-0.05, 0) is 62.3 Å². The Morgan fingerprint density at radius 1 is 0.780 bits per heavy atom. The molecule has 1 unspecified atom stereocenters. The molecular weight excluding hydrogens is 530 g/mol. The summed E-state index contributed by atoms with van der Waals surface area (Å²) in [4.78, 5) is 50.2. The molecule has 1 aliphatic carbocycles. The molecule has 11 heteroatoms. The zero-order chi connectivity index (χ0) is 30.0. The van der Waals surface area contributed by atoms with Crippen molar-refractivity contribution in [2.24, 2.45) is 11.5 Å². The van der Waals surface area contributed by atoms with Crippen LogP contribution >= 0.6 is 0 Å². The summed E-state index contributed by atoms with van der Waals surface area (Å²) in [5, 5.41) is 2.47. The maximum absolute atomic E-state index is 13.4. The molecule has 1 amide bonds. The van der Waals surface area contributed by atoms with Crippen molar-refractivity contribution >= 4 is 24.0 Å². The lowest BCUT2D eigenvalue weighted by Gasteiger charge is -2.34. The molecule has 0 heterocycles. The molecule has 41 heavy (non-hydrogen) atoms. The topological polar surface area (TPSA) is 169 Å². The van der Waals surface area contributed by atoms with Crippen molar-refractivity contribution < 1.29 is 38.1 Å². The third-order valence-electron chi connectivity index (χ3n) is 6.43. The fourth-order valence-corrected chi connectivity index (χ4v) is 4.63. The fourth-order valence-electron chi connectivity index (χ4n) is 4.63. The molecule has 0 saturated carbocycles. The number of benzene rings is 2. The van der Waals surface area contributed by atoms with Crippen LogP contribution in [-0.2, 0) is 33.3 Å². The van der Waals surface area contributed by atoms with Crippen LogP contribution in [0.25, 0.3) is 11.1 Å². The first-order valence-corrected chi connectivity index (χ1v) is 13.6. The Hall–Kier alpha value is -3.96. The van der Waals surface area contributed by atoms with Crippen molar-refractivity contribution in [3.8, 4) is 11.1 Å². The lowest BCUT2D eigenvalue weighted by Crippen LogP contribution is -2.60. The summed E-state index contributed by atoms with van der Waals surface area (Å²) in [6, 6.07) is 15.8. The van der Waals surface area contributed by atoms with Crippen molar-refractivity contribution in [2.75, 3.05) is 26.3 Å². The molecule has 0 fully saturated rings. The SMILES string of the molecule is CC(C)(C)OC(=O)C(CCCCCOC(=O)CN)(NC(=O)OCC1c2ccccc2-c2ccccc21)OC(=O)CN. The van der Waals surface area contributed by atoms with E-state index in [2.05, 4.69) is 5.32 Å². The average molecular weight is 570 g/mol. The largest absolute Gasteiger partial charge is 0.465 e. The van der Waals surface area contributed by atoms with Gasteiger partial charge in [-0.2, -0.15) is 0 Å². The Balaban J connectivity index is 1.76. The van der Waals surface area contributed by atoms with Gasteiger partial charge < -0.3 is 30.4 Å². The molecule has 0 spiro atoms. The van der Waals surface area contributed by atoms with E-state index in [4.69, 9.17) is 30.4 Å². The number of fused-ring (bicyclic) bond motifs is 3. The molecule has 222 valence electrons. The maximum atomic E-state index is 13.4. The molecule has 2 aromatic rings. The molecule has 0 radical (unpaired) electrons. The van der Waals surface area contributed by atoms with Crippen LogP contribution in [0.2, 0.25) is 0 Å². The second-order valence-electron chi connectivity index (χ2n) is 10.7. The Kier molecular flexibility index (Phi) is 10.8. The quantitative estimate of drug-likeness (QED) is 0.141. The number of alkyl carbamates (subject to hydrolysis) is 1. The third-order valence-corrected chi connectivity index (χ3v) is 6.43. The van der Waals surface area contributed by atoms with Gasteiger partial charge in [0, 0.05) is 12.3 Å². The number of unbranched alkanes of at least 4 members (excludes halogenated alkanes) is 2. The molecule has 0 saturated heterocycles. The molecule has 1 aliphatic rings. The molecule has 2 aromatic carbocycles. The summed E-state index contributed by atoms with van der Waals surface area (Å²) in [6.07, 6.45) is 0.171. The molecule has 5 N–H and O–H groups in total. The summed E-state index contributed by atoms with van der Waals surface area (Å²) in [5.74, 6) is -2.62. The summed E-state index contributed by atoms with van der Waals surface area (Å²) >= 11 is 0. The van der Waals surface area contributed by atoms with E-state index in [0.29, 0.717) is 19.3 Å². The van der Waals surface area contributed by atoms with Crippen LogP contribution in [0.4, 0.5) is 4.79 Å². The van der Waals surface area contributed by atoms with Crippen LogP contribution in [0, 0.1) is 0 Å². The number of nitrogens with two attached hydrogens (primary N) is 2. The Morgan fingerprint density at radius 2 is 1.37 bits per heavy atom. The minimum Gasteiger partial charge on any atom is -0.465 e. The normalized spacial score (nSPS) is 13.8. The van der Waals surface area contributed by atoms with E-state index in [1.807, 2.05) is 48.5 Å². The highest BCUT2D eigenvalue weighted by Gasteiger charge is 2.47. The van der Waals surface area contributed by atoms with E-state index in [9.17, 15) is 19.2 Å². The average Bonchev–Trinajstić information content (AvgIpc) is 3.26. The molecule has 1 atom stereocenters. The molecule has 3 rings (SSSR count). The summed E-state index contributed by atoms with van der Waals surface area (Å²) in [5.41, 5.74) is 11.7. The van der Waals surface area contributed by atoms with E-state index in [-0.39, 0.29) is 32.1 Å². The number of ether oxygens (including phenoxy) is 4. The summed E-state index contributed by atoms with van der Waals surface area (Å²) < 4.78 is 21.6. The van der Waals surface area contributed by atoms with Crippen molar-refractivity contribution in [1.29, 1.82) is 0 Å². The predicted molar refractivity (Wildman–Crippen MR) is 150 cm³/mol. The van der Waals surface area contributed by atoms with Gasteiger partial charge >= 0.3 is 24.0 Å². The van der Waals surface area contributed by atoms with Crippen LogP contribution in [0.1, 0.15) is 63.5 Å². The monoisotopic (exact) mass is 569 g/mol. The molecular formula is C30H39N3O8.